The second kappa shape index (κ2) is 4.48. The number of phenolic OH excluding ortho intramolecular Hbond substituents is 1. The molecule has 0 atom stereocenters. The zero-order valence-electron chi connectivity index (χ0n) is 6.63. The molecular formula is C9H11BrO2. The van der Waals surface area contributed by atoms with Gasteiger partial charge in [0.2, 0.25) is 0 Å². The highest BCUT2D eigenvalue weighted by molar-refractivity contribution is 9.10. The molecule has 12 heavy (non-hydrogen) atoms. The summed E-state index contributed by atoms with van der Waals surface area (Å²) < 4.78 is 0.952. The number of hydrogen-bond acceptors (Lipinski definition) is 2. The molecular weight excluding hydrogens is 220 g/mol. The summed E-state index contributed by atoms with van der Waals surface area (Å²) in [5, 5.41) is 18.0. The largest absolute Gasteiger partial charge is 0.508 e. The second-order valence-corrected chi connectivity index (χ2v) is 3.52. The Hall–Kier alpha value is -0.540. The minimum absolute atomic E-state index is 0.159. The summed E-state index contributed by atoms with van der Waals surface area (Å²) in [6, 6.07) is 5.31. The van der Waals surface area contributed by atoms with Gasteiger partial charge in [0.1, 0.15) is 5.75 Å². The van der Waals surface area contributed by atoms with Crippen LogP contribution < -0.4 is 0 Å². The van der Waals surface area contributed by atoms with E-state index in [1.165, 1.54) is 0 Å². The minimum Gasteiger partial charge on any atom is -0.508 e. The number of halogens is 1. The molecule has 0 heterocycles. The Bertz CT molecular complexity index is 261. The van der Waals surface area contributed by atoms with E-state index < -0.39 is 0 Å². The van der Waals surface area contributed by atoms with Crippen LogP contribution in [0.3, 0.4) is 0 Å². The van der Waals surface area contributed by atoms with Crippen molar-refractivity contribution in [2.45, 2.75) is 12.8 Å². The van der Waals surface area contributed by atoms with Gasteiger partial charge in [-0.2, -0.15) is 0 Å². The lowest BCUT2D eigenvalue weighted by Crippen LogP contribution is -1.89. The maximum Gasteiger partial charge on any atom is 0.118 e. The third kappa shape index (κ3) is 2.50. The molecule has 0 aromatic heterocycles. The first-order chi connectivity index (χ1) is 5.74. The van der Waals surface area contributed by atoms with Crippen LogP contribution in [0.15, 0.2) is 22.7 Å². The van der Waals surface area contributed by atoms with Gasteiger partial charge < -0.3 is 10.2 Å². The Labute approximate surface area is 80.0 Å². The van der Waals surface area contributed by atoms with Crippen LogP contribution in [0.25, 0.3) is 0 Å². The van der Waals surface area contributed by atoms with Crippen molar-refractivity contribution in [3.8, 4) is 5.75 Å². The third-order valence-electron chi connectivity index (χ3n) is 1.65. The molecule has 0 aliphatic rings. The van der Waals surface area contributed by atoms with Gasteiger partial charge in [-0.3, -0.25) is 0 Å². The normalized spacial score (nSPS) is 10.2. The predicted octanol–water partition coefficient (Wildman–Crippen LogP) is 2.08. The maximum atomic E-state index is 9.36. The Morgan fingerprint density at radius 1 is 1.33 bits per heavy atom. The quantitative estimate of drug-likeness (QED) is 0.835. The third-order valence-corrected chi connectivity index (χ3v) is 2.14. The van der Waals surface area contributed by atoms with Gasteiger partial charge in [-0.15, -0.1) is 0 Å². The van der Waals surface area contributed by atoms with E-state index >= 15 is 0 Å². The molecule has 66 valence electrons. The highest BCUT2D eigenvalue weighted by Gasteiger charge is 2.00. The van der Waals surface area contributed by atoms with E-state index in [1.54, 1.807) is 12.1 Å². The average molecular weight is 231 g/mol. The van der Waals surface area contributed by atoms with E-state index in [0.29, 0.717) is 18.6 Å². The molecule has 0 spiro atoms. The monoisotopic (exact) mass is 230 g/mol. The van der Waals surface area contributed by atoms with Gasteiger partial charge in [-0.25, -0.2) is 0 Å². The van der Waals surface area contributed by atoms with E-state index in [9.17, 15) is 5.11 Å². The van der Waals surface area contributed by atoms with E-state index in [0.717, 1.165) is 10.0 Å². The fourth-order valence-corrected chi connectivity index (χ4v) is 1.43. The van der Waals surface area contributed by atoms with Crippen LogP contribution in [0, 0.1) is 0 Å². The molecule has 1 rings (SSSR count). The number of aryl methyl sites for hydroxylation is 1. The Kier molecular flexibility index (Phi) is 3.56. The summed E-state index contributed by atoms with van der Waals surface area (Å²) in [6.07, 6.45) is 1.39. The molecule has 0 saturated carbocycles. The molecule has 0 fully saturated rings. The zero-order valence-corrected chi connectivity index (χ0v) is 8.21. The van der Waals surface area contributed by atoms with Gasteiger partial charge in [0.05, 0.1) is 0 Å². The predicted molar refractivity (Wildman–Crippen MR) is 51.2 cm³/mol. The lowest BCUT2D eigenvalue weighted by atomic mass is 10.1. The molecule has 0 radical (unpaired) electrons. The number of aromatic hydroxyl groups is 1. The van der Waals surface area contributed by atoms with Crippen molar-refractivity contribution in [3.05, 3.63) is 28.2 Å². The standard InChI is InChI=1S/C9H11BrO2/c10-8-3-4-9(12)7(6-8)2-1-5-11/h3-4,6,11-12H,1-2,5H2. The molecule has 0 aliphatic carbocycles. The molecule has 0 saturated heterocycles. The van der Waals surface area contributed by atoms with Gasteiger partial charge in [0, 0.05) is 11.1 Å². The zero-order chi connectivity index (χ0) is 8.97. The van der Waals surface area contributed by atoms with Crippen LogP contribution in [0.5, 0.6) is 5.75 Å². The molecule has 2 nitrogen and oxygen atoms in total. The van der Waals surface area contributed by atoms with E-state index in [1.807, 2.05) is 6.07 Å². The van der Waals surface area contributed by atoms with E-state index in [2.05, 4.69) is 15.9 Å². The van der Waals surface area contributed by atoms with Gasteiger partial charge in [0.15, 0.2) is 0 Å². The van der Waals surface area contributed by atoms with Crippen LogP contribution in [0.1, 0.15) is 12.0 Å². The number of phenols is 1. The summed E-state index contributed by atoms with van der Waals surface area (Å²) in [7, 11) is 0. The van der Waals surface area contributed by atoms with Crippen molar-refractivity contribution in [1.82, 2.24) is 0 Å². The van der Waals surface area contributed by atoms with Crippen molar-refractivity contribution in [2.24, 2.45) is 0 Å². The number of hydrogen-bond donors (Lipinski definition) is 2. The number of aliphatic hydroxyl groups excluding tert-OH is 1. The van der Waals surface area contributed by atoms with Crippen molar-refractivity contribution in [1.29, 1.82) is 0 Å². The van der Waals surface area contributed by atoms with Crippen molar-refractivity contribution in [3.63, 3.8) is 0 Å². The van der Waals surface area contributed by atoms with Gasteiger partial charge in [-0.05, 0) is 36.6 Å². The summed E-state index contributed by atoms with van der Waals surface area (Å²) in [6.45, 7) is 0.159. The molecule has 2 N–H and O–H groups in total. The number of rotatable bonds is 3. The molecule has 0 bridgehead atoms. The van der Waals surface area contributed by atoms with E-state index in [4.69, 9.17) is 5.11 Å². The molecule has 0 unspecified atom stereocenters. The highest BCUT2D eigenvalue weighted by Crippen LogP contribution is 2.22. The fourth-order valence-electron chi connectivity index (χ4n) is 1.02. The molecule has 0 aliphatic heterocycles. The van der Waals surface area contributed by atoms with Crippen LogP contribution in [0.2, 0.25) is 0 Å². The van der Waals surface area contributed by atoms with Gasteiger partial charge in [0.25, 0.3) is 0 Å². The SMILES string of the molecule is OCCCc1cc(Br)ccc1O. The van der Waals surface area contributed by atoms with E-state index in [-0.39, 0.29) is 6.61 Å². The Morgan fingerprint density at radius 2 is 2.08 bits per heavy atom. The van der Waals surface area contributed by atoms with Crippen LogP contribution in [-0.2, 0) is 6.42 Å². The van der Waals surface area contributed by atoms with Crippen molar-refractivity contribution in [2.75, 3.05) is 6.61 Å². The summed E-state index contributed by atoms with van der Waals surface area (Å²) in [5.41, 5.74) is 0.874. The van der Waals surface area contributed by atoms with Crippen LogP contribution in [-0.4, -0.2) is 16.8 Å². The smallest absolute Gasteiger partial charge is 0.118 e. The first-order valence-corrected chi connectivity index (χ1v) is 4.61. The lowest BCUT2D eigenvalue weighted by Gasteiger charge is -2.03. The number of benzene rings is 1. The molecule has 3 heteroatoms. The Morgan fingerprint density at radius 3 is 2.75 bits per heavy atom. The first kappa shape index (κ1) is 9.55. The summed E-state index contributed by atoms with van der Waals surface area (Å²) in [5.74, 6) is 0.298. The molecule has 1 aromatic carbocycles. The van der Waals surface area contributed by atoms with Crippen molar-refractivity contribution < 1.29 is 10.2 Å². The maximum absolute atomic E-state index is 9.36. The van der Waals surface area contributed by atoms with Crippen molar-refractivity contribution >= 4 is 15.9 Å². The summed E-state index contributed by atoms with van der Waals surface area (Å²) >= 11 is 3.31. The van der Waals surface area contributed by atoms with Gasteiger partial charge >= 0.3 is 0 Å². The van der Waals surface area contributed by atoms with Crippen LogP contribution in [0.4, 0.5) is 0 Å². The summed E-state index contributed by atoms with van der Waals surface area (Å²) in [4.78, 5) is 0. The average Bonchev–Trinajstić information content (AvgIpc) is 2.07. The second-order valence-electron chi connectivity index (χ2n) is 2.60. The highest BCUT2D eigenvalue weighted by atomic mass is 79.9. The lowest BCUT2D eigenvalue weighted by molar-refractivity contribution is 0.288. The first-order valence-electron chi connectivity index (χ1n) is 3.82. The molecule has 0 amide bonds. The van der Waals surface area contributed by atoms with Gasteiger partial charge in [-0.1, -0.05) is 15.9 Å². The number of aliphatic hydroxyl groups is 1. The minimum atomic E-state index is 0.159. The molecule has 1 aromatic rings. The fraction of sp³-hybridized carbons (Fsp3) is 0.333. The topological polar surface area (TPSA) is 40.5 Å². The Balaban J connectivity index is 2.75. The van der Waals surface area contributed by atoms with Crippen LogP contribution >= 0.6 is 15.9 Å².